The van der Waals surface area contributed by atoms with E-state index in [1.807, 2.05) is 73.8 Å². The fourth-order valence-electron chi connectivity index (χ4n) is 5.28. The van der Waals surface area contributed by atoms with Gasteiger partial charge in [-0.25, -0.2) is 14.8 Å². The first kappa shape index (κ1) is 33.5. The van der Waals surface area contributed by atoms with Crippen LogP contribution in [-0.4, -0.2) is 61.9 Å². The number of aliphatic hydroxyl groups is 1. The van der Waals surface area contributed by atoms with Gasteiger partial charge in [-0.05, 0) is 50.7 Å². The molecule has 0 saturated carbocycles. The highest BCUT2D eigenvalue weighted by molar-refractivity contribution is 5.79. The number of alkyl carbamates (subject to hydrolysis) is 1. The van der Waals surface area contributed by atoms with Crippen LogP contribution in [0.25, 0.3) is 11.5 Å². The summed E-state index contributed by atoms with van der Waals surface area (Å²) in [6.45, 7) is 6.91. The van der Waals surface area contributed by atoms with Gasteiger partial charge in [-0.15, -0.1) is 0 Å². The van der Waals surface area contributed by atoms with E-state index >= 15 is 0 Å². The molecule has 0 aliphatic rings. The number of nitrogens with one attached hydrogen (secondary N) is 3. The molecular formula is C35H46N6O4. The number of rotatable bonds is 17. The highest BCUT2D eigenvalue weighted by Gasteiger charge is 2.29. The van der Waals surface area contributed by atoms with Gasteiger partial charge in [0.15, 0.2) is 5.82 Å². The zero-order valence-electron chi connectivity index (χ0n) is 26.5. The lowest BCUT2D eigenvalue weighted by molar-refractivity contribution is -0.126. The molecule has 10 heteroatoms. The second-order valence-corrected chi connectivity index (χ2v) is 11.7. The summed E-state index contributed by atoms with van der Waals surface area (Å²) >= 11 is 0. The van der Waals surface area contributed by atoms with Gasteiger partial charge in [0.2, 0.25) is 5.91 Å². The van der Waals surface area contributed by atoms with E-state index in [-0.39, 0.29) is 18.4 Å². The molecule has 2 heterocycles. The monoisotopic (exact) mass is 614 g/mol. The quantitative estimate of drug-likeness (QED) is 0.120. The van der Waals surface area contributed by atoms with E-state index in [1.54, 1.807) is 12.4 Å². The van der Waals surface area contributed by atoms with Crippen molar-refractivity contribution in [2.75, 3.05) is 13.2 Å². The maximum absolute atomic E-state index is 13.6. The Morgan fingerprint density at radius 2 is 1.69 bits per heavy atom. The standard InChI is InChI=1S/C35H46N6O4/c1-4-5-20-45-35(44)40-29(22-27-14-10-7-11-15-27)31(42)23-28(21-26-12-8-6-9-13-26)34(43)37-17-16-32-38-24-30(39-32)33-36-18-19-41(33)25(2)3/h6-15,18-19,24-25,28-29,31,42H,4-5,16-17,20-23H2,1-3H3,(H,37,43)(H,38,39)(H,40,44)/t28-,29+,31+/m1/s1. The van der Waals surface area contributed by atoms with E-state index < -0.39 is 24.2 Å². The van der Waals surface area contributed by atoms with Crippen LogP contribution in [0.1, 0.15) is 63.0 Å². The van der Waals surface area contributed by atoms with Gasteiger partial charge in [0.1, 0.15) is 11.5 Å². The molecule has 0 aliphatic carbocycles. The Morgan fingerprint density at radius 1 is 1.00 bits per heavy atom. The number of carbonyl (C=O) groups excluding carboxylic acids is 2. The van der Waals surface area contributed by atoms with Crippen LogP contribution in [0.5, 0.6) is 0 Å². The van der Waals surface area contributed by atoms with Gasteiger partial charge in [-0.1, -0.05) is 74.0 Å². The molecule has 0 bridgehead atoms. The summed E-state index contributed by atoms with van der Waals surface area (Å²) in [5.74, 6) is 0.878. The zero-order valence-corrected chi connectivity index (χ0v) is 26.5. The lowest BCUT2D eigenvalue weighted by Gasteiger charge is -2.27. The number of aromatic nitrogens is 4. The number of nitrogens with zero attached hydrogens (tertiary/aromatic N) is 3. The van der Waals surface area contributed by atoms with Crippen molar-refractivity contribution < 1.29 is 19.4 Å². The number of unbranched alkanes of at least 4 members (excludes halogenated alkanes) is 1. The number of benzene rings is 2. The molecule has 240 valence electrons. The molecule has 4 N–H and O–H groups in total. The molecule has 0 radical (unpaired) electrons. The highest BCUT2D eigenvalue weighted by Crippen LogP contribution is 2.21. The van der Waals surface area contributed by atoms with Crippen molar-refractivity contribution in [3.05, 3.63) is 96.2 Å². The minimum Gasteiger partial charge on any atom is -0.450 e. The van der Waals surface area contributed by atoms with Crippen molar-refractivity contribution in [3.63, 3.8) is 0 Å². The van der Waals surface area contributed by atoms with Gasteiger partial charge in [0.25, 0.3) is 0 Å². The molecule has 0 spiro atoms. The Labute approximate surface area is 265 Å². The summed E-state index contributed by atoms with van der Waals surface area (Å²) in [4.78, 5) is 38.5. The molecule has 0 saturated heterocycles. The van der Waals surface area contributed by atoms with Gasteiger partial charge in [0.05, 0.1) is 24.9 Å². The second kappa shape index (κ2) is 17.2. The molecule has 45 heavy (non-hydrogen) atoms. The predicted octanol–water partition coefficient (Wildman–Crippen LogP) is 5.26. The fraction of sp³-hybridized carbons (Fsp3) is 0.429. The van der Waals surface area contributed by atoms with Crippen LogP contribution in [0.4, 0.5) is 4.79 Å². The molecule has 0 unspecified atom stereocenters. The lowest BCUT2D eigenvalue weighted by atomic mass is 9.88. The smallest absolute Gasteiger partial charge is 0.407 e. The number of amides is 2. The third-order valence-electron chi connectivity index (χ3n) is 7.77. The molecule has 0 aliphatic heterocycles. The number of ether oxygens (including phenoxy) is 1. The summed E-state index contributed by atoms with van der Waals surface area (Å²) < 4.78 is 7.41. The van der Waals surface area contributed by atoms with Gasteiger partial charge in [0, 0.05) is 37.3 Å². The Kier molecular flexibility index (Phi) is 12.8. The largest absolute Gasteiger partial charge is 0.450 e. The van der Waals surface area contributed by atoms with Gasteiger partial charge >= 0.3 is 6.09 Å². The number of hydrogen-bond acceptors (Lipinski definition) is 6. The van der Waals surface area contributed by atoms with Gasteiger partial charge < -0.3 is 30.0 Å². The first-order valence-corrected chi connectivity index (χ1v) is 15.9. The number of aromatic amines is 1. The first-order chi connectivity index (χ1) is 21.8. The Bertz CT molecular complexity index is 1450. The van der Waals surface area contributed by atoms with Crippen LogP contribution >= 0.6 is 0 Å². The molecule has 4 rings (SSSR count). The van der Waals surface area contributed by atoms with Crippen LogP contribution in [0.15, 0.2) is 79.3 Å². The molecule has 4 aromatic rings. The van der Waals surface area contributed by atoms with Crippen LogP contribution in [-0.2, 0) is 28.8 Å². The predicted molar refractivity (Wildman–Crippen MR) is 174 cm³/mol. The molecule has 10 nitrogen and oxygen atoms in total. The lowest BCUT2D eigenvalue weighted by Crippen LogP contribution is -2.47. The Hall–Kier alpha value is -4.44. The van der Waals surface area contributed by atoms with E-state index in [4.69, 9.17) is 4.74 Å². The number of imidazole rings is 2. The third-order valence-corrected chi connectivity index (χ3v) is 7.77. The maximum Gasteiger partial charge on any atom is 0.407 e. The van der Waals surface area contributed by atoms with Gasteiger partial charge in [-0.3, -0.25) is 4.79 Å². The van der Waals surface area contributed by atoms with Crippen molar-refractivity contribution in [2.24, 2.45) is 5.92 Å². The first-order valence-electron chi connectivity index (χ1n) is 15.9. The van der Waals surface area contributed by atoms with Crippen LogP contribution in [0.3, 0.4) is 0 Å². The molecule has 0 fully saturated rings. The Balaban J connectivity index is 1.42. The molecule has 2 aromatic carbocycles. The van der Waals surface area contributed by atoms with Crippen molar-refractivity contribution in [3.8, 4) is 11.5 Å². The van der Waals surface area contributed by atoms with E-state index in [9.17, 15) is 14.7 Å². The van der Waals surface area contributed by atoms with Crippen LogP contribution in [0, 0.1) is 5.92 Å². The number of carbonyl (C=O) groups is 2. The summed E-state index contributed by atoms with van der Waals surface area (Å²) in [5, 5.41) is 17.4. The average molecular weight is 615 g/mol. The maximum atomic E-state index is 13.6. The summed E-state index contributed by atoms with van der Waals surface area (Å²) in [5.41, 5.74) is 2.78. The summed E-state index contributed by atoms with van der Waals surface area (Å²) in [6.07, 6.45) is 7.12. The topological polar surface area (TPSA) is 134 Å². The third kappa shape index (κ3) is 10.3. The number of aliphatic hydroxyl groups excluding tert-OH is 1. The summed E-state index contributed by atoms with van der Waals surface area (Å²) in [6, 6.07) is 19.1. The van der Waals surface area contributed by atoms with Crippen molar-refractivity contribution in [2.45, 2.75) is 77.5 Å². The fourth-order valence-corrected chi connectivity index (χ4v) is 5.28. The molecular weight excluding hydrogens is 568 g/mol. The van der Waals surface area contributed by atoms with Crippen molar-refractivity contribution in [1.82, 2.24) is 30.2 Å². The molecule has 3 atom stereocenters. The number of H-pyrrole nitrogens is 1. The van der Waals surface area contributed by atoms with Crippen molar-refractivity contribution in [1.29, 1.82) is 0 Å². The second-order valence-electron chi connectivity index (χ2n) is 11.7. The minimum absolute atomic E-state index is 0.163. The Morgan fingerprint density at radius 3 is 2.36 bits per heavy atom. The SMILES string of the molecule is CCCCOC(=O)N[C@@H](Cc1ccccc1)[C@@H](O)C[C@@H](Cc1ccccc1)C(=O)NCCc1ncc(-c2nccn2C(C)C)[nH]1. The van der Waals surface area contributed by atoms with E-state index in [1.165, 1.54) is 0 Å². The zero-order chi connectivity index (χ0) is 32.0. The van der Waals surface area contributed by atoms with E-state index in [0.29, 0.717) is 32.4 Å². The highest BCUT2D eigenvalue weighted by atomic mass is 16.5. The van der Waals surface area contributed by atoms with E-state index in [2.05, 4.69) is 44.0 Å². The number of hydrogen-bond donors (Lipinski definition) is 4. The van der Waals surface area contributed by atoms with Crippen LogP contribution < -0.4 is 10.6 Å². The molecule has 2 amide bonds. The van der Waals surface area contributed by atoms with Crippen molar-refractivity contribution >= 4 is 12.0 Å². The normalized spacial score (nSPS) is 13.3. The molecule has 2 aromatic heterocycles. The van der Waals surface area contributed by atoms with Gasteiger partial charge in [-0.2, -0.15) is 0 Å². The van der Waals surface area contributed by atoms with E-state index in [0.717, 1.165) is 41.3 Å². The summed E-state index contributed by atoms with van der Waals surface area (Å²) in [7, 11) is 0. The average Bonchev–Trinajstić information content (AvgIpc) is 3.72. The minimum atomic E-state index is -0.985. The van der Waals surface area contributed by atoms with Crippen LogP contribution in [0.2, 0.25) is 0 Å².